The molecule has 2 atom stereocenters. The molecule has 0 aromatic carbocycles. The fourth-order valence-corrected chi connectivity index (χ4v) is 1.91. The minimum Gasteiger partial charge on any atom is -0.466 e. The van der Waals surface area contributed by atoms with Crippen molar-refractivity contribution in [2.45, 2.75) is 45.8 Å². The number of amides is 1. The zero-order chi connectivity index (χ0) is 14.6. The Bertz CT molecular complexity index is 336. The monoisotopic (exact) mass is 273 g/mol. The zero-order valence-electron chi connectivity index (χ0n) is 12.0. The van der Waals surface area contributed by atoms with Gasteiger partial charge in [-0.1, -0.05) is 0 Å². The van der Waals surface area contributed by atoms with Crippen molar-refractivity contribution in [3.63, 3.8) is 0 Å². The third-order valence-corrected chi connectivity index (χ3v) is 2.82. The Labute approximate surface area is 113 Å². The molecule has 0 unspecified atom stereocenters. The molecular formula is C13H23NO5. The number of ether oxygens (including phenoxy) is 2. The summed E-state index contributed by atoms with van der Waals surface area (Å²) in [5.74, 6) is -1.16. The molecule has 1 heterocycles. The van der Waals surface area contributed by atoms with Crippen molar-refractivity contribution < 1.29 is 24.2 Å². The molecule has 19 heavy (non-hydrogen) atoms. The third kappa shape index (κ3) is 4.70. The summed E-state index contributed by atoms with van der Waals surface area (Å²) >= 11 is 0. The van der Waals surface area contributed by atoms with Crippen LogP contribution in [0.2, 0.25) is 0 Å². The summed E-state index contributed by atoms with van der Waals surface area (Å²) in [4.78, 5) is 25.1. The maximum atomic E-state index is 11.9. The highest BCUT2D eigenvalue weighted by Gasteiger charge is 2.37. The van der Waals surface area contributed by atoms with Crippen LogP contribution in [0.1, 0.15) is 34.1 Å². The predicted molar refractivity (Wildman–Crippen MR) is 68.6 cm³/mol. The molecule has 6 nitrogen and oxygen atoms in total. The van der Waals surface area contributed by atoms with E-state index in [1.807, 2.05) is 0 Å². The molecule has 1 rings (SSSR count). The first-order valence-electron chi connectivity index (χ1n) is 6.57. The quantitative estimate of drug-likeness (QED) is 0.764. The van der Waals surface area contributed by atoms with Crippen molar-refractivity contribution in [2.24, 2.45) is 5.92 Å². The minimum absolute atomic E-state index is 0.134. The van der Waals surface area contributed by atoms with Crippen LogP contribution in [0.25, 0.3) is 0 Å². The van der Waals surface area contributed by atoms with Crippen LogP contribution in [0.5, 0.6) is 0 Å². The number of hydrogen-bond acceptors (Lipinski definition) is 5. The summed E-state index contributed by atoms with van der Waals surface area (Å²) in [6.07, 6.45) is -0.880. The van der Waals surface area contributed by atoms with E-state index in [9.17, 15) is 14.7 Å². The normalized spacial score (nSPS) is 23.9. The number of piperidine rings is 1. The summed E-state index contributed by atoms with van der Waals surface area (Å²) in [7, 11) is 0. The van der Waals surface area contributed by atoms with Gasteiger partial charge in [-0.3, -0.25) is 4.79 Å². The molecule has 0 radical (unpaired) electrons. The topological polar surface area (TPSA) is 76.1 Å². The second-order valence-electron chi connectivity index (χ2n) is 5.64. The number of carbonyl (C=O) groups is 2. The smallest absolute Gasteiger partial charge is 0.410 e. The number of nitrogens with zero attached hydrogens (tertiary/aromatic N) is 1. The number of aliphatic hydroxyl groups is 1. The van der Waals surface area contributed by atoms with Gasteiger partial charge in [-0.2, -0.15) is 0 Å². The molecule has 1 fully saturated rings. The lowest BCUT2D eigenvalue weighted by atomic mass is 9.95. The highest BCUT2D eigenvalue weighted by molar-refractivity contribution is 5.75. The number of aliphatic hydroxyl groups excluding tert-OH is 1. The van der Waals surface area contributed by atoms with E-state index in [2.05, 4.69) is 0 Å². The van der Waals surface area contributed by atoms with Gasteiger partial charge in [0.05, 0.1) is 12.7 Å². The predicted octanol–water partition coefficient (Wildman–Crippen LogP) is 1.17. The first kappa shape index (κ1) is 15.8. The number of carbonyl (C=O) groups excluding carboxylic acids is 2. The molecule has 6 heteroatoms. The summed E-state index contributed by atoms with van der Waals surface area (Å²) in [5, 5.41) is 9.82. The molecule has 0 spiro atoms. The van der Waals surface area contributed by atoms with Crippen LogP contribution in [0.15, 0.2) is 0 Å². The Morgan fingerprint density at radius 2 is 2.00 bits per heavy atom. The van der Waals surface area contributed by atoms with Gasteiger partial charge in [0, 0.05) is 13.1 Å². The first-order valence-corrected chi connectivity index (χ1v) is 6.57. The van der Waals surface area contributed by atoms with E-state index >= 15 is 0 Å². The molecule has 0 bridgehead atoms. The van der Waals surface area contributed by atoms with Crippen molar-refractivity contribution in [3.05, 3.63) is 0 Å². The minimum atomic E-state index is -0.766. The van der Waals surface area contributed by atoms with Crippen molar-refractivity contribution in [1.82, 2.24) is 4.90 Å². The van der Waals surface area contributed by atoms with Gasteiger partial charge in [0.25, 0.3) is 0 Å². The van der Waals surface area contributed by atoms with Crippen LogP contribution in [0.4, 0.5) is 4.79 Å². The molecule has 0 aromatic rings. The van der Waals surface area contributed by atoms with E-state index in [4.69, 9.17) is 9.47 Å². The second-order valence-corrected chi connectivity index (χ2v) is 5.64. The number of hydrogen-bond donors (Lipinski definition) is 1. The van der Waals surface area contributed by atoms with E-state index in [-0.39, 0.29) is 13.2 Å². The summed E-state index contributed by atoms with van der Waals surface area (Å²) in [6.45, 7) is 7.83. The molecule has 0 aliphatic carbocycles. The standard InChI is InChI=1S/C13H23NO5/c1-5-18-11(16)9-8-14(7-6-10(9)15)12(17)19-13(2,3)4/h9-10,15H,5-8H2,1-4H3/t9-,10+/m0/s1. The maximum absolute atomic E-state index is 11.9. The van der Waals surface area contributed by atoms with Gasteiger partial charge in [-0.05, 0) is 34.1 Å². The number of esters is 1. The second kappa shape index (κ2) is 6.23. The Morgan fingerprint density at radius 3 is 2.53 bits per heavy atom. The molecule has 1 saturated heterocycles. The fraction of sp³-hybridized carbons (Fsp3) is 0.846. The lowest BCUT2D eigenvalue weighted by molar-refractivity contribution is -0.154. The van der Waals surface area contributed by atoms with E-state index < -0.39 is 29.7 Å². The van der Waals surface area contributed by atoms with E-state index in [0.29, 0.717) is 13.0 Å². The Hall–Kier alpha value is -1.30. The average molecular weight is 273 g/mol. The van der Waals surface area contributed by atoms with E-state index in [0.717, 1.165) is 0 Å². The summed E-state index contributed by atoms with van der Waals surface area (Å²) in [5.41, 5.74) is -0.577. The van der Waals surface area contributed by atoms with Gasteiger partial charge in [0.1, 0.15) is 11.5 Å². The lowest BCUT2D eigenvalue weighted by Crippen LogP contribution is -2.50. The third-order valence-electron chi connectivity index (χ3n) is 2.82. The SMILES string of the molecule is CCOC(=O)[C@H]1CN(C(=O)OC(C)(C)C)CC[C@H]1O. The molecule has 110 valence electrons. The van der Waals surface area contributed by atoms with Crippen LogP contribution in [0, 0.1) is 5.92 Å². The largest absolute Gasteiger partial charge is 0.466 e. The maximum Gasteiger partial charge on any atom is 0.410 e. The molecule has 1 aliphatic rings. The Kier molecular flexibility index (Phi) is 5.17. The molecule has 0 saturated carbocycles. The molecular weight excluding hydrogens is 250 g/mol. The van der Waals surface area contributed by atoms with Gasteiger partial charge in [-0.15, -0.1) is 0 Å². The zero-order valence-corrected chi connectivity index (χ0v) is 12.0. The lowest BCUT2D eigenvalue weighted by Gasteiger charge is -2.35. The van der Waals surface area contributed by atoms with Crippen molar-refractivity contribution in [1.29, 1.82) is 0 Å². The van der Waals surface area contributed by atoms with Crippen molar-refractivity contribution in [3.8, 4) is 0 Å². The van der Waals surface area contributed by atoms with Gasteiger partial charge >= 0.3 is 12.1 Å². The average Bonchev–Trinajstić information content (AvgIpc) is 2.27. The van der Waals surface area contributed by atoms with Gasteiger partial charge < -0.3 is 19.5 Å². The van der Waals surface area contributed by atoms with Gasteiger partial charge in [0.2, 0.25) is 0 Å². The number of rotatable bonds is 2. The van der Waals surface area contributed by atoms with Crippen molar-refractivity contribution in [2.75, 3.05) is 19.7 Å². The van der Waals surface area contributed by atoms with Crippen LogP contribution in [0.3, 0.4) is 0 Å². The molecule has 1 aliphatic heterocycles. The van der Waals surface area contributed by atoms with E-state index in [1.54, 1.807) is 27.7 Å². The Morgan fingerprint density at radius 1 is 1.37 bits per heavy atom. The Balaban J connectivity index is 2.63. The van der Waals surface area contributed by atoms with Crippen molar-refractivity contribution >= 4 is 12.1 Å². The summed E-state index contributed by atoms with van der Waals surface area (Å²) in [6, 6.07) is 0. The highest BCUT2D eigenvalue weighted by atomic mass is 16.6. The first-order chi connectivity index (χ1) is 8.74. The van der Waals surface area contributed by atoms with Crippen LogP contribution < -0.4 is 0 Å². The fourth-order valence-electron chi connectivity index (χ4n) is 1.91. The van der Waals surface area contributed by atoms with Crippen LogP contribution >= 0.6 is 0 Å². The van der Waals surface area contributed by atoms with Gasteiger partial charge in [-0.25, -0.2) is 4.79 Å². The van der Waals surface area contributed by atoms with E-state index in [1.165, 1.54) is 4.90 Å². The molecule has 1 amide bonds. The van der Waals surface area contributed by atoms with Gasteiger partial charge in [0.15, 0.2) is 0 Å². The molecule has 0 aromatic heterocycles. The van der Waals surface area contributed by atoms with Crippen LogP contribution in [-0.2, 0) is 14.3 Å². The summed E-state index contributed by atoms with van der Waals surface area (Å²) < 4.78 is 10.2. The molecule has 1 N–H and O–H groups in total. The highest BCUT2D eigenvalue weighted by Crippen LogP contribution is 2.21. The van der Waals surface area contributed by atoms with Crippen LogP contribution in [-0.4, -0.2) is 53.5 Å². The number of likely N-dealkylation sites (tertiary alicyclic amines) is 1.